The summed E-state index contributed by atoms with van der Waals surface area (Å²) in [6, 6.07) is 0. The predicted molar refractivity (Wildman–Crippen MR) is 59.4 cm³/mol. The van der Waals surface area contributed by atoms with Crippen LogP contribution in [0.3, 0.4) is 0 Å². The number of nitrogens with one attached hydrogen (secondary N) is 1. The van der Waals surface area contributed by atoms with E-state index < -0.39 is 0 Å². The molecule has 0 aromatic rings. The number of morpholine rings is 1. The van der Waals surface area contributed by atoms with E-state index in [0.29, 0.717) is 19.7 Å². The molecule has 0 aromatic carbocycles. The van der Waals surface area contributed by atoms with Gasteiger partial charge in [0.15, 0.2) is 0 Å². The molecule has 2 atom stereocenters. The molecule has 0 aliphatic carbocycles. The van der Waals surface area contributed by atoms with E-state index in [2.05, 4.69) is 5.32 Å². The fourth-order valence-electron chi connectivity index (χ4n) is 2.00. The Balaban J connectivity index is 1.71. The first-order valence-electron chi connectivity index (χ1n) is 5.91. The Hall–Kier alpha value is -1.14. The summed E-state index contributed by atoms with van der Waals surface area (Å²) < 4.78 is 10.6. The summed E-state index contributed by atoms with van der Waals surface area (Å²) in [5.74, 6) is -0.0997. The molecule has 0 spiro atoms. The fourth-order valence-corrected chi connectivity index (χ4v) is 2.00. The normalized spacial score (nSPS) is 29.5. The molecule has 96 valence electrons. The van der Waals surface area contributed by atoms with Crippen LogP contribution in [0, 0.1) is 0 Å². The standard InChI is InChI=1S/C11H18N2O4/c1-13-6-8(17-7-10(13)14)5-12-11(15)9-3-2-4-16-9/h8-9H,2-7H2,1H3,(H,12,15). The third-order valence-corrected chi connectivity index (χ3v) is 3.07. The molecule has 1 N–H and O–H groups in total. The van der Waals surface area contributed by atoms with Gasteiger partial charge in [-0.2, -0.15) is 0 Å². The Morgan fingerprint density at radius 1 is 1.53 bits per heavy atom. The number of nitrogens with zero attached hydrogens (tertiary/aromatic N) is 1. The van der Waals surface area contributed by atoms with E-state index in [1.54, 1.807) is 11.9 Å². The van der Waals surface area contributed by atoms with E-state index in [1.807, 2.05) is 0 Å². The SMILES string of the molecule is CN1CC(CNC(=O)C2CCCO2)OCC1=O. The zero-order chi connectivity index (χ0) is 12.3. The van der Waals surface area contributed by atoms with Crippen LogP contribution in [0.2, 0.25) is 0 Å². The molecule has 2 aliphatic rings. The van der Waals surface area contributed by atoms with E-state index in [4.69, 9.17) is 9.47 Å². The van der Waals surface area contributed by atoms with E-state index in [9.17, 15) is 9.59 Å². The van der Waals surface area contributed by atoms with E-state index in [-0.39, 0.29) is 30.6 Å². The van der Waals surface area contributed by atoms with Gasteiger partial charge in [0.05, 0.1) is 6.10 Å². The summed E-state index contributed by atoms with van der Waals surface area (Å²) in [6.45, 7) is 1.70. The molecule has 2 heterocycles. The molecule has 2 unspecified atom stereocenters. The van der Waals surface area contributed by atoms with Gasteiger partial charge in [0.2, 0.25) is 11.8 Å². The monoisotopic (exact) mass is 242 g/mol. The van der Waals surface area contributed by atoms with Crippen molar-refractivity contribution in [3.63, 3.8) is 0 Å². The first-order chi connectivity index (χ1) is 8.16. The second-order valence-corrected chi connectivity index (χ2v) is 4.45. The van der Waals surface area contributed by atoms with Crippen LogP contribution in [-0.4, -0.2) is 62.3 Å². The van der Waals surface area contributed by atoms with Crippen molar-refractivity contribution in [1.82, 2.24) is 10.2 Å². The second-order valence-electron chi connectivity index (χ2n) is 4.45. The molecule has 17 heavy (non-hydrogen) atoms. The Kier molecular flexibility index (Phi) is 3.96. The molecule has 2 fully saturated rings. The van der Waals surface area contributed by atoms with Gasteiger partial charge in [0, 0.05) is 26.7 Å². The van der Waals surface area contributed by atoms with E-state index in [1.165, 1.54) is 0 Å². The lowest BCUT2D eigenvalue weighted by Crippen LogP contribution is -2.49. The zero-order valence-electron chi connectivity index (χ0n) is 9.98. The Morgan fingerprint density at radius 2 is 2.35 bits per heavy atom. The Labute approximate surface area is 100 Å². The number of hydrogen-bond acceptors (Lipinski definition) is 4. The molecule has 0 radical (unpaired) electrons. The number of carbonyl (C=O) groups is 2. The number of rotatable bonds is 3. The minimum absolute atomic E-state index is 0.0216. The smallest absolute Gasteiger partial charge is 0.249 e. The van der Waals surface area contributed by atoms with Crippen LogP contribution in [-0.2, 0) is 19.1 Å². The predicted octanol–water partition coefficient (Wildman–Crippen LogP) is -0.861. The zero-order valence-corrected chi connectivity index (χ0v) is 9.98. The van der Waals surface area contributed by atoms with Gasteiger partial charge in [-0.1, -0.05) is 0 Å². The molecule has 6 heteroatoms. The van der Waals surface area contributed by atoms with Gasteiger partial charge in [-0.3, -0.25) is 9.59 Å². The highest BCUT2D eigenvalue weighted by atomic mass is 16.5. The van der Waals surface area contributed by atoms with Gasteiger partial charge in [-0.25, -0.2) is 0 Å². The van der Waals surface area contributed by atoms with Gasteiger partial charge in [0.1, 0.15) is 12.7 Å². The van der Waals surface area contributed by atoms with Crippen LogP contribution in [0.5, 0.6) is 0 Å². The maximum absolute atomic E-state index is 11.7. The summed E-state index contributed by atoms with van der Waals surface area (Å²) in [5, 5.41) is 2.80. The summed E-state index contributed by atoms with van der Waals surface area (Å²) >= 11 is 0. The molecule has 0 bridgehead atoms. The molecule has 0 aromatic heterocycles. The first kappa shape index (κ1) is 12.3. The number of carbonyl (C=O) groups excluding carboxylic acids is 2. The first-order valence-corrected chi connectivity index (χ1v) is 5.91. The molecular formula is C11H18N2O4. The summed E-state index contributed by atoms with van der Waals surface area (Å²) in [4.78, 5) is 24.5. The fraction of sp³-hybridized carbons (Fsp3) is 0.818. The van der Waals surface area contributed by atoms with Crippen molar-refractivity contribution in [3.8, 4) is 0 Å². The van der Waals surface area contributed by atoms with Crippen LogP contribution >= 0.6 is 0 Å². The van der Waals surface area contributed by atoms with Crippen molar-refractivity contribution in [1.29, 1.82) is 0 Å². The van der Waals surface area contributed by atoms with Gasteiger partial charge >= 0.3 is 0 Å². The van der Waals surface area contributed by atoms with Gasteiger partial charge in [0.25, 0.3) is 0 Å². The minimum atomic E-state index is -0.307. The summed E-state index contributed by atoms with van der Waals surface area (Å²) in [5.41, 5.74) is 0. The molecule has 2 aliphatic heterocycles. The highest BCUT2D eigenvalue weighted by Crippen LogP contribution is 2.12. The lowest BCUT2D eigenvalue weighted by Gasteiger charge is -2.30. The van der Waals surface area contributed by atoms with Crippen molar-refractivity contribution < 1.29 is 19.1 Å². The largest absolute Gasteiger partial charge is 0.368 e. The average Bonchev–Trinajstić information content (AvgIpc) is 2.84. The number of hydrogen-bond donors (Lipinski definition) is 1. The molecule has 2 saturated heterocycles. The van der Waals surface area contributed by atoms with Crippen LogP contribution in [0.4, 0.5) is 0 Å². The number of amides is 2. The van der Waals surface area contributed by atoms with Crippen LogP contribution in [0.1, 0.15) is 12.8 Å². The third-order valence-electron chi connectivity index (χ3n) is 3.07. The molecule has 6 nitrogen and oxygen atoms in total. The van der Waals surface area contributed by atoms with E-state index in [0.717, 1.165) is 12.8 Å². The van der Waals surface area contributed by atoms with Gasteiger partial charge in [-0.15, -0.1) is 0 Å². The van der Waals surface area contributed by atoms with Crippen molar-refractivity contribution in [2.24, 2.45) is 0 Å². The Bertz CT molecular complexity index is 302. The molecule has 2 rings (SSSR count). The van der Waals surface area contributed by atoms with Crippen LogP contribution in [0.15, 0.2) is 0 Å². The minimum Gasteiger partial charge on any atom is -0.368 e. The topological polar surface area (TPSA) is 67.9 Å². The van der Waals surface area contributed by atoms with Crippen LogP contribution in [0.25, 0.3) is 0 Å². The Morgan fingerprint density at radius 3 is 3.00 bits per heavy atom. The van der Waals surface area contributed by atoms with E-state index >= 15 is 0 Å². The molecule has 2 amide bonds. The van der Waals surface area contributed by atoms with Crippen molar-refractivity contribution >= 4 is 11.8 Å². The summed E-state index contributed by atoms with van der Waals surface area (Å²) in [6.07, 6.45) is 1.30. The van der Waals surface area contributed by atoms with Crippen LogP contribution < -0.4 is 5.32 Å². The number of likely N-dealkylation sites (N-methyl/N-ethyl adjacent to an activating group) is 1. The molecule has 0 saturated carbocycles. The van der Waals surface area contributed by atoms with Gasteiger partial charge < -0.3 is 19.7 Å². The van der Waals surface area contributed by atoms with Crippen molar-refractivity contribution in [3.05, 3.63) is 0 Å². The maximum atomic E-state index is 11.7. The molecular weight excluding hydrogens is 224 g/mol. The highest BCUT2D eigenvalue weighted by molar-refractivity contribution is 5.81. The number of ether oxygens (including phenoxy) is 2. The average molecular weight is 242 g/mol. The van der Waals surface area contributed by atoms with Crippen molar-refractivity contribution in [2.45, 2.75) is 25.0 Å². The second kappa shape index (κ2) is 5.46. The third kappa shape index (κ3) is 3.17. The van der Waals surface area contributed by atoms with Crippen molar-refractivity contribution in [2.75, 3.05) is 33.4 Å². The maximum Gasteiger partial charge on any atom is 0.249 e. The summed E-state index contributed by atoms with van der Waals surface area (Å²) in [7, 11) is 1.74. The van der Waals surface area contributed by atoms with Gasteiger partial charge in [-0.05, 0) is 12.8 Å². The lowest BCUT2D eigenvalue weighted by atomic mass is 10.2. The highest BCUT2D eigenvalue weighted by Gasteiger charge is 2.27. The lowest BCUT2D eigenvalue weighted by molar-refractivity contribution is -0.147. The quantitative estimate of drug-likeness (QED) is 0.699.